The molecule has 0 aliphatic carbocycles. The second kappa shape index (κ2) is 113. The third-order valence-electron chi connectivity index (χ3n) is 24.4. The Balaban J connectivity index is -0.000000606. The minimum absolute atomic E-state index is 0.0332. The molecule has 0 saturated carbocycles. The first-order valence-corrected chi connectivity index (χ1v) is 57.7. The summed E-state index contributed by atoms with van der Waals surface area (Å²) < 4.78 is 34.1. The highest BCUT2D eigenvalue weighted by Crippen LogP contribution is 2.24. The molecule has 0 bridgehead atoms. The van der Waals surface area contributed by atoms with Gasteiger partial charge in [-0.2, -0.15) is 0 Å². The molecule has 5 N–H and O–H groups in total. The molecule has 0 aliphatic rings. The predicted molar refractivity (Wildman–Crippen MR) is 589 cm³/mol. The molecular formula is C119H223N3O20. The number of hydrogen-bond acceptors (Lipinski definition) is 20. The summed E-state index contributed by atoms with van der Waals surface area (Å²) in [7, 11) is 12.0. The Morgan fingerprint density at radius 1 is 0.211 bits per heavy atom. The van der Waals surface area contributed by atoms with Crippen molar-refractivity contribution in [3.63, 3.8) is 0 Å². The molecule has 0 radical (unpaired) electrons. The summed E-state index contributed by atoms with van der Waals surface area (Å²) in [6, 6.07) is 0. The minimum atomic E-state index is -0.737. The van der Waals surface area contributed by atoms with Crippen LogP contribution in [0.3, 0.4) is 0 Å². The van der Waals surface area contributed by atoms with Crippen molar-refractivity contribution in [3.8, 4) is 0 Å². The van der Waals surface area contributed by atoms with E-state index < -0.39 is 17.9 Å². The number of esters is 6. The van der Waals surface area contributed by atoms with Crippen molar-refractivity contribution in [2.24, 2.45) is 0 Å². The quantitative estimate of drug-likeness (QED) is 0.0163. The topological polar surface area (TPSA) is 320 Å². The van der Waals surface area contributed by atoms with Crippen molar-refractivity contribution in [1.29, 1.82) is 0 Å². The third-order valence-corrected chi connectivity index (χ3v) is 24.4. The number of carboxylic acid groups (broad SMARTS) is 3. The summed E-state index contributed by atoms with van der Waals surface area (Å²) in [5.41, 5.74) is 0. The molecule has 0 aromatic rings. The van der Waals surface area contributed by atoms with Crippen LogP contribution in [0.2, 0.25) is 0 Å². The fourth-order valence-electron chi connectivity index (χ4n) is 16.0. The van der Waals surface area contributed by atoms with E-state index in [1.165, 1.54) is 128 Å². The van der Waals surface area contributed by atoms with Gasteiger partial charge in [0.05, 0.1) is 12.2 Å². The Kier molecular flexibility index (Phi) is 115. The van der Waals surface area contributed by atoms with Crippen LogP contribution in [0.5, 0.6) is 0 Å². The summed E-state index contributed by atoms with van der Waals surface area (Å²) in [5.74, 6) is -2.86. The Hall–Kier alpha value is -6.27. The van der Waals surface area contributed by atoms with Gasteiger partial charge >= 0.3 is 53.7 Å². The van der Waals surface area contributed by atoms with Crippen LogP contribution in [0.1, 0.15) is 538 Å². The maximum Gasteiger partial charge on any atom is 0.306 e. The van der Waals surface area contributed by atoms with Crippen LogP contribution in [-0.4, -0.2) is 205 Å². The Bertz CT molecular complexity index is 2880. The zero-order chi connectivity index (χ0) is 107. The number of rotatable bonds is 96. The molecule has 0 aliphatic heterocycles. The van der Waals surface area contributed by atoms with E-state index in [-0.39, 0.29) is 104 Å². The Labute approximate surface area is 870 Å². The highest BCUT2D eigenvalue weighted by molar-refractivity contribution is 5.72. The van der Waals surface area contributed by atoms with E-state index in [2.05, 4.69) is 79.7 Å². The second-order valence-corrected chi connectivity index (χ2v) is 40.5. The third kappa shape index (κ3) is 128. The molecule has 834 valence electrons. The number of aliphatic hydroxyl groups excluding tert-OH is 2. The fraction of sp³-hybridized carbons (Fsp3) is 0.840. The highest BCUT2D eigenvalue weighted by Gasteiger charge is 2.20. The first-order valence-electron chi connectivity index (χ1n) is 57.7. The minimum Gasteiger partial charge on any atom is -0.481 e. The summed E-state index contributed by atoms with van der Waals surface area (Å²) in [4.78, 5) is 111. The molecule has 23 heteroatoms. The van der Waals surface area contributed by atoms with Gasteiger partial charge in [-0.1, -0.05) is 289 Å². The van der Waals surface area contributed by atoms with Gasteiger partial charge in [0.25, 0.3) is 0 Å². The number of aliphatic carboxylic acids is 3. The highest BCUT2D eigenvalue weighted by atomic mass is 16.6. The summed E-state index contributed by atoms with van der Waals surface area (Å²) >= 11 is 0. The standard InChI is InChI=1S/C43H79NO6.C33H61NO6.C23H43NO6.2C10H20O/c1-7-9-11-13-17-23-30-38(3)48-41(45)34-27-21-15-19-25-32-40(50-43(47)36-29-37-44(5)6)33-26-20-16-22-28-35-42(46)49-39(4)31-24-18-14-12-10-8-2;1-5-6-7-8-11-16-22-29(2)39-32(37)26-20-15-10-13-18-24-30(40-33(38)27-21-28-34(3)4)23-17-12-9-14-19-25-31(35)36;1-24(2)19-13-18-23(29)30-20(14-9-5-3-7-11-16-21(25)26)15-10-6-4-8-12-17-22(27)28;2*1-3-4-5-6-7-8-9-10(2)11/h23-24,30-31,38-40H,7-22,25-29,32-37H2,1-6H3;16,22,29-30H,5-15,17-21,23-28H2,1-4H3,(H,35,36);20H,3-19H2,1-2H3,(H,25,26)(H,27,28);2*8-11H,3-7H2,1-2H3/b30-23-,31-24-;22-16-;;2*9-8-. The number of aliphatic hydroxyl groups is 2. The van der Waals surface area contributed by atoms with Crippen LogP contribution in [-0.2, 0) is 71.6 Å². The monoisotopic (exact) mass is 2010 g/mol. The number of nitrogens with zero attached hydrogens (tertiary/aromatic N) is 3. The molecule has 0 fully saturated rings. The molecule has 6 atom stereocenters. The lowest BCUT2D eigenvalue weighted by atomic mass is 10.0. The van der Waals surface area contributed by atoms with Gasteiger partial charge in [-0.3, -0.25) is 43.2 Å². The van der Waals surface area contributed by atoms with Crippen LogP contribution < -0.4 is 0 Å². The van der Waals surface area contributed by atoms with Crippen molar-refractivity contribution in [3.05, 3.63) is 60.8 Å². The summed E-state index contributed by atoms with van der Waals surface area (Å²) in [6.07, 6.45) is 90.1. The summed E-state index contributed by atoms with van der Waals surface area (Å²) in [6.45, 7) is 23.0. The maximum atomic E-state index is 12.5. The molecule has 142 heavy (non-hydrogen) atoms. The normalized spacial score (nSPS) is 13.0. The fourth-order valence-corrected chi connectivity index (χ4v) is 16.0. The second-order valence-electron chi connectivity index (χ2n) is 40.5. The molecule has 0 aromatic heterocycles. The van der Waals surface area contributed by atoms with E-state index >= 15 is 0 Å². The van der Waals surface area contributed by atoms with Crippen LogP contribution in [0, 0.1) is 0 Å². The van der Waals surface area contributed by atoms with Crippen LogP contribution in [0.15, 0.2) is 60.8 Å². The van der Waals surface area contributed by atoms with Crippen molar-refractivity contribution in [1.82, 2.24) is 14.7 Å². The number of carbonyl (C=O) groups is 9. The lowest BCUT2D eigenvalue weighted by Gasteiger charge is -2.18. The van der Waals surface area contributed by atoms with Crippen LogP contribution in [0.25, 0.3) is 0 Å². The average molecular weight is 2020 g/mol. The van der Waals surface area contributed by atoms with E-state index in [1.807, 2.05) is 93.4 Å². The molecule has 0 aromatic carbocycles. The molecule has 6 unspecified atom stereocenters. The van der Waals surface area contributed by atoms with Gasteiger partial charge in [-0.05, 0) is 314 Å². The number of ether oxygens (including phenoxy) is 6. The number of hydrogen-bond donors (Lipinski definition) is 5. The van der Waals surface area contributed by atoms with Gasteiger partial charge in [0, 0.05) is 57.8 Å². The van der Waals surface area contributed by atoms with Gasteiger partial charge in [-0.15, -0.1) is 0 Å². The van der Waals surface area contributed by atoms with Gasteiger partial charge in [0.15, 0.2) is 0 Å². The van der Waals surface area contributed by atoms with Crippen molar-refractivity contribution < 1.29 is 97.1 Å². The number of unbranched alkanes of at least 4 members (excludes halogenated alkanes) is 44. The zero-order valence-corrected chi connectivity index (χ0v) is 94.3. The van der Waals surface area contributed by atoms with Crippen molar-refractivity contribution >= 4 is 53.7 Å². The van der Waals surface area contributed by atoms with Gasteiger partial charge in [0.2, 0.25) is 0 Å². The van der Waals surface area contributed by atoms with Gasteiger partial charge in [0.1, 0.15) is 36.6 Å². The number of carbonyl (C=O) groups excluding carboxylic acids is 6. The lowest BCUT2D eigenvalue weighted by molar-refractivity contribution is -0.151. The van der Waals surface area contributed by atoms with E-state index in [1.54, 1.807) is 13.8 Å². The zero-order valence-electron chi connectivity index (χ0n) is 94.3. The number of carboxylic acids is 3. The molecule has 0 saturated heterocycles. The van der Waals surface area contributed by atoms with Crippen molar-refractivity contribution in [2.45, 2.75) is 587 Å². The molecular weight excluding hydrogens is 1790 g/mol. The molecule has 0 heterocycles. The van der Waals surface area contributed by atoms with Gasteiger partial charge in [-0.25, -0.2) is 0 Å². The average Bonchev–Trinajstić information content (AvgIpc) is 0.960. The van der Waals surface area contributed by atoms with E-state index in [0.717, 1.165) is 302 Å². The Morgan fingerprint density at radius 3 is 0.556 bits per heavy atom. The summed E-state index contributed by atoms with van der Waals surface area (Å²) in [5, 5.41) is 43.8. The molecule has 0 amide bonds. The molecule has 0 spiro atoms. The molecule has 0 rings (SSSR count). The predicted octanol–water partition coefficient (Wildman–Crippen LogP) is 30.5. The largest absolute Gasteiger partial charge is 0.481 e. The molecule has 23 nitrogen and oxygen atoms in total. The smallest absolute Gasteiger partial charge is 0.306 e. The first-order chi connectivity index (χ1) is 68.3. The van der Waals surface area contributed by atoms with E-state index in [4.69, 9.17) is 54.0 Å². The SMILES string of the molecule is CCCCCC/C=C\C(C)O.CCCCCC/C=C\C(C)O.CCCCCC/C=C\C(C)OC(=O)CCCCCCCC(CCCCCCCC(=O)O)OC(=O)CCCN(C)C.CCCCCC/C=C\C(C)OC(=O)CCCCCCCC(CCCCCCCC(=O)OC(C)/C=C\CCCCCC)OC(=O)CCCN(C)C.CN(C)CCCC(=O)OC(CCCCCCCC(=O)O)CCCCCCCC(=O)O. The van der Waals surface area contributed by atoms with Crippen molar-refractivity contribution in [2.75, 3.05) is 61.9 Å². The Morgan fingerprint density at radius 2 is 0.373 bits per heavy atom. The van der Waals surface area contributed by atoms with Crippen LogP contribution >= 0.6 is 0 Å². The number of allylic oxidation sites excluding steroid dienone is 5. The first kappa shape index (κ1) is 144. The lowest BCUT2D eigenvalue weighted by Crippen LogP contribution is -2.20. The van der Waals surface area contributed by atoms with Crippen LogP contribution in [0.4, 0.5) is 0 Å². The maximum absolute atomic E-state index is 12.5. The van der Waals surface area contributed by atoms with E-state index in [9.17, 15) is 43.2 Å². The van der Waals surface area contributed by atoms with E-state index in [0.29, 0.717) is 38.5 Å². The van der Waals surface area contributed by atoms with Gasteiger partial charge < -0.3 is 68.7 Å².